The van der Waals surface area contributed by atoms with Gasteiger partial charge in [-0.05, 0) is 36.4 Å². The molecule has 0 aliphatic carbocycles. The Morgan fingerprint density at radius 1 is 0.833 bits per heavy atom. The Bertz CT molecular complexity index is 884. The summed E-state index contributed by atoms with van der Waals surface area (Å²) in [5.41, 5.74) is 1.45. The minimum atomic E-state index is -3.16. The number of benzene rings is 2. The van der Waals surface area contributed by atoms with Gasteiger partial charge in [0, 0.05) is 15.8 Å². The number of hydrogen-bond donors (Lipinski definition) is 0. The Balaban J connectivity index is 1.80. The first-order valence-corrected chi connectivity index (χ1v) is 10.2. The number of rotatable bonds is 2. The first-order valence-electron chi connectivity index (χ1n) is 7.60. The van der Waals surface area contributed by atoms with Crippen LogP contribution in [-0.4, -0.2) is 38.0 Å². The highest BCUT2D eigenvalue weighted by atomic mass is 79.9. The van der Waals surface area contributed by atoms with Crippen LogP contribution in [-0.2, 0) is 9.84 Å². The van der Waals surface area contributed by atoms with Crippen molar-refractivity contribution < 1.29 is 13.2 Å². The molecule has 24 heavy (non-hydrogen) atoms. The average molecular weight is 407 g/mol. The molecule has 2 atom stereocenters. The van der Waals surface area contributed by atoms with Gasteiger partial charge in [0.2, 0.25) is 0 Å². The monoisotopic (exact) mass is 406 g/mol. The van der Waals surface area contributed by atoms with E-state index in [4.69, 9.17) is 0 Å². The zero-order chi connectivity index (χ0) is 16.9. The molecule has 0 spiro atoms. The molecule has 2 aliphatic rings. The lowest BCUT2D eigenvalue weighted by molar-refractivity contribution is 0.255. The molecule has 7 heteroatoms. The summed E-state index contributed by atoms with van der Waals surface area (Å²) in [4.78, 5) is 16.3. The van der Waals surface area contributed by atoms with Gasteiger partial charge in [-0.3, -0.25) is 9.80 Å². The van der Waals surface area contributed by atoms with E-state index in [0.29, 0.717) is 5.69 Å². The lowest BCUT2D eigenvalue weighted by Crippen LogP contribution is -2.37. The molecule has 0 bridgehead atoms. The average Bonchev–Trinajstić information content (AvgIpc) is 2.98. The van der Waals surface area contributed by atoms with Crippen LogP contribution < -0.4 is 9.80 Å². The van der Waals surface area contributed by atoms with Crippen LogP contribution in [0.4, 0.5) is 16.2 Å². The van der Waals surface area contributed by atoms with Crippen LogP contribution in [0.25, 0.3) is 0 Å². The minimum Gasteiger partial charge on any atom is -0.288 e. The van der Waals surface area contributed by atoms with Crippen molar-refractivity contribution in [3.8, 4) is 0 Å². The lowest BCUT2D eigenvalue weighted by Gasteiger charge is -2.22. The van der Waals surface area contributed by atoms with Crippen molar-refractivity contribution in [1.82, 2.24) is 0 Å². The van der Waals surface area contributed by atoms with Gasteiger partial charge in [0.25, 0.3) is 0 Å². The molecule has 0 N–H and O–H groups in total. The second-order valence-corrected chi connectivity index (χ2v) is 9.12. The fourth-order valence-corrected chi connectivity index (χ4v) is 5.68. The van der Waals surface area contributed by atoms with Crippen molar-refractivity contribution in [2.45, 2.75) is 12.1 Å². The molecular formula is C17H15BrN2O3S. The molecule has 2 aliphatic heterocycles. The van der Waals surface area contributed by atoms with Crippen LogP contribution in [0.15, 0.2) is 59.1 Å². The normalized spacial score (nSPS) is 25.1. The van der Waals surface area contributed by atoms with Gasteiger partial charge in [0.15, 0.2) is 9.84 Å². The maximum atomic E-state index is 13.1. The summed E-state index contributed by atoms with van der Waals surface area (Å²) >= 11 is 3.38. The van der Waals surface area contributed by atoms with E-state index in [-0.39, 0.29) is 29.6 Å². The number of anilines is 2. The summed E-state index contributed by atoms with van der Waals surface area (Å²) < 4.78 is 25.3. The van der Waals surface area contributed by atoms with Gasteiger partial charge in [-0.2, -0.15) is 0 Å². The number of urea groups is 1. The van der Waals surface area contributed by atoms with Crippen molar-refractivity contribution in [3.63, 3.8) is 0 Å². The van der Waals surface area contributed by atoms with Crippen LogP contribution >= 0.6 is 15.9 Å². The highest BCUT2D eigenvalue weighted by molar-refractivity contribution is 9.10. The van der Waals surface area contributed by atoms with Gasteiger partial charge < -0.3 is 0 Å². The van der Waals surface area contributed by atoms with Gasteiger partial charge in [0.1, 0.15) is 0 Å². The fourth-order valence-electron chi connectivity index (χ4n) is 3.50. The van der Waals surface area contributed by atoms with E-state index < -0.39 is 9.84 Å². The molecular weight excluding hydrogens is 392 g/mol. The number of carbonyl (C=O) groups excluding carboxylic acids is 1. The van der Waals surface area contributed by atoms with E-state index >= 15 is 0 Å². The number of para-hydroxylation sites is 1. The molecule has 2 aromatic rings. The second-order valence-electron chi connectivity index (χ2n) is 6.05. The summed E-state index contributed by atoms with van der Waals surface area (Å²) in [5.74, 6) is 0.00807. The number of sulfone groups is 1. The van der Waals surface area contributed by atoms with Gasteiger partial charge in [-0.15, -0.1) is 0 Å². The molecule has 2 saturated heterocycles. The topological polar surface area (TPSA) is 57.7 Å². The molecule has 2 aromatic carbocycles. The number of nitrogens with zero attached hydrogens (tertiary/aromatic N) is 2. The van der Waals surface area contributed by atoms with Crippen molar-refractivity contribution in [3.05, 3.63) is 59.1 Å². The Kier molecular flexibility index (Phi) is 3.65. The Morgan fingerprint density at radius 2 is 1.33 bits per heavy atom. The first kappa shape index (κ1) is 15.7. The van der Waals surface area contributed by atoms with Crippen LogP contribution in [0, 0.1) is 0 Å². The van der Waals surface area contributed by atoms with Crippen molar-refractivity contribution in [2.75, 3.05) is 21.3 Å². The van der Waals surface area contributed by atoms with E-state index in [9.17, 15) is 13.2 Å². The summed E-state index contributed by atoms with van der Waals surface area (Å²) in [7, 11) is -3.16. The summed E-state index contributed by atoms with van der Waals surface area (Å²) in [6.45, 7) is 0. The number of amides is 2. The Hall–Kier alpha value is -1.86. The van der Waals surface area contributed by atoms with E-state index in [2.05, 4.69) is 15.9 Å². The van der Waals surface area contributed by atoms with Crippen molar-refractivity contribution in [2.24, 2.45) is 0 Å². The zero-order valence-corrected chi connectivity index (χ0v) is 15.1. The van der Waals surface area contributed by atoms with Gasteiger partial charge in [-0.1, -0.05) is 34.1 Å². The SMILES string of the molecule is O=C1N(c2ccc(Br)cc2)[C@@H]2CS(=O)(=O)C[C@@H]2N1c1ccccc1. The highest BCUT2D eigenvalue weighted by Crippen LogP contribution is 2.38. The number of hydrogen-bond acceptors (Lipinski definition) is 3. The molecule has 4 rings (SSSR count). The number of fused-ring (bicyclic) bond motifs is 1. The van der Waals surface area contributed by atoms with Crippen molar-refractivity contribution >= 4 is 43.2 Å². The molecule has 0 unspecified atom stereocenters. The summed E-state index contributed by atoms with van der Waals surface area (Å²) in [5, 5.41) is 0. The Labute approximate surface area is 148 Å². The third-order valence-corrected chi connectivity index (χ3v) is 6.74. The van der Waals surface area contributed by atoms with Crippen molar-refractivity contribution in [1.29, 1.82) is 0 Å². The predicted molar refractivity (Wildman–Crippen MR) is 97.2 cm³/mol. The molecule has 2 heterocycles. The molecule has 0 aromatic heterocycles. The third kappa shape index (κ3) is 2.52. The smallest absolute Gasteiger partial charge is 0.288 e. The van der Waals surface area contributed by atoms with E-state index in [1.165, 1.54) is 0 Å². The van der Waals surface area contributed by atoms with E-state index in [0.717, 1.165) is 10.2 Å². The van der Waals surface area contributed by atoms with Crippen LogP contribution in [0.5, 0.6) is 0 Å². The fraction of sp³-hybridized carbons (Fsp3) is 0.235. The third-order valence-electron chi connectivity index (χ3n) is 4.51. The van der Waals surface area contributed by atoms with E-state index in [1.807, 2.05) is 54.6 Å². The van der Waals surface area contributed by atoms with Gasteiger partial charge in [0.05, 0.1) is 23.6 Å². The number of halogens is 1. The van der Waals surface area contributed by atoms with Crippen LogP contribution in [0.1, 0.15) is 0 Å². The first-order chi connectivity index (χ1) is 11.5. The van der Waals surface area contributed by atoms with Crippen LogP contribution in [0.3, 0.4) is 0 Å². The van der Waals surface area contributed by atoms with Crippen LogP contribution in [0.2, 0.25) is 0 Å². The molecule has 5 nitrogen and oxygen atoms in total. The largest absolute Gasteiger partial charge is 0.329 e. The molecule has 0 radical (unpaired) electrons. The minimum absolute atomic E-state index is 0.00278. The standard InChI is InChI=1S/C17H15BrN2O3S/c18-12-6-8-14(9-7-12)20-16-11-24(22,23)10-15(16)19(17(20)21)13-4-2-1-3-5-13/h1-9,15-16H,10-11H2/t15-,16+/m0/s1. The Morgan fingerprint density at radius 3 is 1.88 bits per heavy atom. The second kappa shape index (κ2) is 5.60. The quantitative estimate of drug-likeness (QED) is 0.720. The maximum absolute atomic E-state index is 13.1. The zero-order valence-electron chi connectivity index (χ0n) is 12.7. The lowest BCUT2D eigenvalue weighted by atomic mass is 10.1. The maximum Gasteiger partial charge on any atom is 0.329 e. The highest BCUT2D eigenvalue weighted by Gasteiger charge is 2.54. The predicted octanol–water partition coefficient (Wildman–Crippen LogP) is 3.06. The molecule has 2 fully saturated rings. The number of carbonyl (C=O) groups is 1. The van der Waals surface area contributed by atoms with Gasteiger partial charge >= 0.3 is 6.03 Å². The van der Waals surface area contributed by atoms with E-state index in [1.54, 1.807) is 9.80 Å². The molecule has 2 amide bonds. The van der Waals surface area contributed by atoms with Gasteiger partial charge in [-0.25, -0.2) is 13.2 Å². The molecule has 0 saturated carbocycles. The molecule has 124 valence electrons. The summed E-state index contributed by atoms with van der Waals surface area (Å²) in [6, 6.07) is 15.7. The summed E-state index contributed by atoms with van der Waals surface area (Å²) in [6.07, 6.45) is 0.